The van der Waals surface area contributed by atoms with Gasteiger partial charge in [0.15, 0.2) is 0 Å². The summed E-state index contributed by atoms with van der Waals surface area (Å²) in [7, 11) is 0. The van der Waals surface area contributed by atoms with Crippen LogP contribution in [0, 0.1) is 0 Å². The average Bonchev–Trinajstić information content (AvgIpc) is 3.17. The molecule has 1 heteroatoms. The van der Waals surface area contributed by atoms with Crippen molar-refractivity contribution in [2.45, 2.75) is 0 Å². The van der Waals surface area contributed by atoms with E-state index in [-0.39, 0.29) is 0 Å². The molecule has 0 bridgehead atoms. The summed E-state index contributed by atoms with van der Waals surface area (Å²) in [4.78, 5) is 4.86. The maximum absolute atomic E-state index is 4.86. The molecule has 1 aliphatic rings. The van der Waals surface area contributed by atoms with E-state index in [9.17, 15) is 0 Å². The van der Waals surface area contributed by atoms with Crippen molar-refractivity contribution < 1.29 is 0 Å². The topological polar surface area (TPSA) is 12.9 Å². The smallest absolute Gasteiger partial charge is 0.0786 e. The fourth-order valence-electron chi connectivity index (χ4n) is 7.86. The monoisotopic (exact) mass is 607 g/mol. The van der Waals surface area contributed by atoms with Crippen molar-refractivity contribution in [1.82, 2.24) is 4.98 Å². The fraction of sp³-hybridized carbons (Fsp3) is 0. The van der Waals surface area contributed by atoms with Gasteiger partial charge in [0.05, 0.1) is 5.52 Å². The van der Waals surface area contributed by atoms with E-state index in [1.54, 1.807) is 0 Å². The summed E-state index contributed by atoms with van der Waals surface area (Å²) in [5, 5.41) is 6.12. The third-order valence-electron chi connectivity index (χ3n) is 10.1. The Morgan fingerprint density at radius 2 is 0.688 bits per heavy atom. The molecule has 222 valence electrons. The van der Waals surface area contributed by atoms with E-state index in [1.165, 1.54) is 93.7 Å². The van der Waals surface area contributed by atoms with Gasteiger partial charge in [-0.2, -0.15) is 0 Å². The number of benzene rings is 8. The minimum absolute atomic E-state index is 1.05. The Bertz CT molecular complexity index is 2690. The summed E-state index contributed by atoms with van der Waals surface area (Å²) in [6.07, 6.45) is 1.90. The van der Waals surface area contributed by atoms with Crippen LogP contribution in [-0.4, -0.2) is 4.98 Å². The number of aromatic nitrogens is 1. The first kappa shape index (κ1) is 26.9. The van der Waals surface area contributed by atoms with Crippen LogP contribution in [0.15, 0.2) is 176 Å². The number of nitrogens with zero attached hydrogens (tertiary/aromatic N) is 1. The van der Waals surface area contributed by atoms with E-state index in [1.807, 2.05) is 12.3 Å². The van der Waals surface area contributed by atoms with Crippen LogP contribution in [0.5, 0.6) is 0 Å². The minimum Gasteiger partial charge on any atom is -0.256 e. The van der Waals surface area contributed by atoms with Crippen LogP contribution in [-0.2, 0) is 0 Å². The summed E-state index contributed by atoms with van der Waals surface area (Å²) < 4.78 is 0. The van der Waals surface area contributed by atoms with Gasteiger partial charge >= 0.3 is 0 Å². The lowest BCUT2D eigenvalue weighted by atomic mass is 9.80. The molecule has 0 aliphatic heterocycles. The third kappa shape index (κ3) is 4.08. The summed E-state index contributed by atoms with van der Waals surface area (Å²) in [6, 6.07) is 62.2. The van der Waals surface area contributed by atoms with E-state index in [0.717, 1.165) is 5.52 Å². The molecule has 1 aliphatic carbocycles. The molecule has 9 aromatic rings. The normalized spacial score (nSPS) is 11.8. The second-order valence-corrected chi connectivity index (χ2v) is 12.7. The van der Waals surface area contributed by atoms with E-state index < -0.39 is 0 Å². The molecule has 8 aromatic carbocycles. The molecule has 0 unspecified atom stereocenters. The van der Waals surface area contributed by atoms with Gasteiger partial charge in [0.25, 0.3) is 0 Å². The summed E-state index contributed by atoms with van der Waals surface area (Å²) in [5.74, 6) is 0. The van der Waals surface area contributed by atoms with Crippen LogP contribution < -0.4 is 0 Å². The molecule has 0 fully saturated rings. The van der Waals surface area contributed by atoms with E-state index >= 15 is 0 Å². The molecule has 0 spiro atoms. The Hall–Kier alpha value is -6.31. The molecule has 0 atom stereocenters. The van der Waals surface area contributed by atoms with E-state index in [0.29, 0.717) is 0 Å². The highest BCUT2D eigenvalue weighted by Gasteiger charge is 2.22. The van der Waals surface area contributed by atoms with E-state index in [4.69, 9.17) is 4.98 Å². The van der Waals surface area contributed by atoms with Crippen molar-refractivity contribution in [1.29, 1.82) is 0 Å². The highest BCUT2D eigenvalue weighted by molar-refractivity contribution is 6.24. The lowest BCUT2D eigenvalue weighted by Crippen LogP contribution is -1.97. The molecular weight excluding hydrogens is 579 g/mol. The molecule has 0 saturated heterocycles. The number of pyridine rings is 1. The molecule has 48 heavy (non-hydrogen) atoms. The molecule has 1 nitrogen and oxygen atoms in total. The van der Waals surface area contributed by atoms with Crippen molar-refractivity contribution in [3.63, 3.8) is 0 Å². The van der Waals surface area contributed by atoms with Gasteiger partial charge in [-0.1, -0.05) is 146 Å². The summed E-state index contributed by atoms with van der Waals surface area (Å²) in [5.41, 5.74) is 15.9. The van der Waals surface area contributed by atoms with Gasteiger partial charge in [-0.25, -0.2) is 0 Å². The summed E-state index contributed by atoms with van der Waals surface area (Å²) in [6.45, 7) is 0. The quantitative estimate of drug-likeness (QED) is 0.178. The zero-order valence-electron chi connectivity index (χ0n) is 26.2. The Labute approximate surface area is 279 Å². The van der Waals surface area contributed by atoms with Crippen molar-refractivity contribution >= 4 is 32.4 Å². The zero-order chi connectivity index (χ0) is 31.6. The molecule has 0 radical (unpaired) electrons. The Kier molecular flexibility index (Phi) is 5.94. The van der Waals surface area contributed by atoms with Crippen molar-refractivity contribution in [3.05, 3.63) is 176 Å². The van der Waals surface area contributed by atoms with Crippen LogP contribution in [0.2, 0.25) is 0 Å². The van der Waals surface area contributed by atoms with Crippen LogP contribution in [0.1, 0.15) is 0 Å². The lowest BCUT2D eigenvalue weighted by Gasteiger charge is -2.23. The first-order valence-corrected chi connectivity index (χ1v) is 16.5. The molecule has 10 rings (SSSR count). The van der Waals surface area contributed by atoms with Gasteiger partial charge < -0.3 is 0 Å². The van der Waals surface area contributed by atoms with Gasteiger partial charge in [0.1, 0.15) is 0 Å². The minimum atomic E-state index is 1.05. The lowest BCUT2D eigenvalue weighted by molar-refractivity contribution is 1.43. The highest BCUT2D eigenvalue weighted by Crippen LogP contribution is 2.48. The Balaban J connectivity index is 1.15. The van der Waals surface area contributed by atoms with Crippen LogP contribution in [0.4, 0.5) is 0 Å². The van der Waals surface area contributed by atoms with Gasteiger partial charge in [0, 0.05) is 17.0 Å². The second-order valence-electron chi connectivity index (χ2n) is 12.7. The SMILES string of the molecule is c1cc(-c2ccc3c(c2)-c2ccccc2-c2ccccc2-c2ccccc2-3)cc(-c2ccc3c4ccccc4c4cccnc4c3c2)c1. The number of hydrogen-bond donors (Lipinski definition) is 0. The van der Waals surface area contributed by atoms with Gasteiger partial charge in [-0.05, 0) is 107 Å². The number of rotatable bonds is 2. The van der Waals surface area contributed by atoms with Crippen molar-refractivity contribution in [2.24, 2.45) is 0 Å². The van der Waals surface area contributed by atoms with Crippen LogP contribution in [0.25, 0.3) is 99.2 Å². The zero-order valence-corrected chi connectivity index (χ0v) is 26.2. The van der Waals surface area contributed by atoms with Gasteiger partial charge in [0.2, 0.25) is 0 Å². The number of fused-ring (bicyclic) bond motifs is 14. The first-order chi connectivity index (χ1) is 23.8. The number of hydrogen-bond acceptors (Lipinski definition) is 1. The van der Waals surface area contributed by atoms with Crippen LogP contribution >= 0.6 is 0 Å². The average molecular weight is 608 g/mol. The second kappa shape index (κ2) is 10.6. The fourth-order valence-corrected chi connectivity index (χ4v) is 7.86. The Morgan fingerprint density at radius 1 is 0.250 bits per heavy atom. The third-order valence-corrected chi connectivity index (χ3v) is 10.1. The molecule has 1 heterocycles. The highest BCUT2D eigenvalue weighted by atomic mass is 14.6. The van der Waals surface area contributed by atoms with Crippen LogP contribution in [0.3, 0.4) is 0 Å². The first-order valence-electron chi connectivity index (χ1n) is 16.5. The molecule has 0 amide bonds. The maximum Gasteiger partial charge on any atom is 0.0786 e. The predicted molar refractivity (Wildman–Crippen MR) is 203 cm³/mol. The molecule has 0 N–H and O–H groups in total. The molecule has 1 aromatic heterocycles. The van der Waals surface area contributed by atoms with Gasteiger partial charge in [-0.3, -0.25) is 4.98 Å². The maximum atomic E-state index is 4.86. The van der Waals surface area contributed by atoms with Gasteiger partial charge in [-0.15, -0.1) is 0 Å². The van der Waals surface area contributed by atoms with Crippen molar-refractivity contribution in [3.8, 4) is 66.8 Å². The predicted octanol–water partition coefficient (Wildman–Crippen LogP) is 12.9. The molecular formula is C47H29N. The Morgan fingerprint density at radius 3 is 1.31 bits per heavy atom. The molecule has 0 saturated carbocycles. The van der Waals surface area contributed by atoms with Crippen molar-refractivity contribution in [2.75, 3.05) is 0 Å². The largest absolute Gasteiger partial charge is 0.256 e. The van der Waals surface area contributed by atoms with E-state index in [2.05, 4.69) is 164 Å². The standard InChI is InChI=1S/C47H29N/c1-2-14-35-34(13-1)36-15-3-4-17-38(36)42-24-22-32(28-45(42)41-20-8-6-16-37(35)41)30-11-9-12-31(27-30)33-23-25-43-39-18-5-7-19-40(39)44-21-10-26-48-47(44)46(43)29-33/h1-29H. The summed E-state index contributed by atoms with van der Waals surface area (Å²) >= 11 is 0.